The van der Waals surface area contributed by atoms with Crippen molar-refractivity contribution in [3.8, 4) is 0 Å². The van der Waals surface area contributed by atoms with Crippen LogP contribution in [0.3, 0.4) is 0 Å². The molecule has 0 radical (unpaired) electrons. The number of amides is 1. The lowest BCUT2D eigenvalue weighted by Crippen LogP contribution is -2.23. The average Bonchev–Trinajstić information content (AvgIpc) is 2.90. The number of carbonyl (C=O) groups is 1. The van der Waals surface area contributed by atoms with E-state index in [1.165, 1.54) is 27.5 Å². The first-order chi connectivity index (χ1) is 12.3. The third-order valence-corrected chi connectivity index (χ3v) is 4.04. The fourth-order valence-corrected chi connectivity index (χ4v) is 2.58. The van der Waals surface area contributed by atoms with Gasteiger partial charge < -0.3 is 19.2 Å². The number of rotatable bonds is 5. The van der Waals surface area contributed by atoms with Gasteiger partial charge in [0.2, 0.25) is 5.56 Å². The van der Waals surface area contributed by atoms with Gasteiger partial charge in [-0.3, -0.25) is 14.2 Å². The Morgan fingerprint density at radius 2 is 1.96 bits per heavy atom. The molecule has 8 nitrogen and oxygen atoms in total. The van der Waals surface area contributed by atoms with E-state index in [1.807, 2.05) is 19.0 Å². The largest absolute Gasteiger partial charge is 0.419 e. The minimum Gasteiger partial charge on any atom is -0.408 e. The highest BCUT2D eigenvalue weighted by atomic mass is 16.4. The molecule has 0 unspecified atom stereocenters. The maximum absolute atomic E-state index is 12.4. The molecule has 0 aliphatic rings. The predicted octanol–water partition coefficient (Wildman–Crippen LogP) is 1.11. The zero-order chi connectivity index (χ0) is 18.8. The highest BCUT2D eigenvalue weighted by molar-refractivity contribution is 6.04. The van der Waals surface area contributed by atoms with E-state index in [0.717, 1.165) is 0 Å². The molecule has 3 aromatic rings. The van der Waals surface area contributed by atoms with E-state index in [9.17, 15) is 14.4 Å². The van der Waals surface area contributed by atoms with Crippen molar-refractivity contribution in [1.82, 2.24) is 14.0 Å². The highest BCUT2D eigenvalue weighted by Gasteiger charge is 2.12. The molecule has 0 atom stereocenters. The number of carbonyl (C=O) groups excluding carboxylic acids is 1. The molecule has 0 fully saturated rings. The van der Waals surface area contributed by atoms with Gasteiger partial charge in [0.1, 0.15) is 0 Å². The molecule has 0 spiro atoms. The number of likely N-dealkylation sites (N-methyl/N-ethyl adjacent to an activating group) is 1. The average molecular weight is 356 g/mol. The number of nitrogens with zero attached hydrogens (tertiary/aromatic N) is 3. The molecule has 3 rings (SSSR count). The van der Waals surface area contributed by atoms with Gasteiger partial charge in [0.15, 0.2) is 5.58 Å². The molecular formula is C18H20N4O4. The van der Waals surface area contributed by atoms with Gasteiger partial charge in [-0.1, -0.05) is 0 Å². The Balaban J connectivity index is 1.89. The van der Waals surface area contributed by atoms with Crippen molar-refractivity contribution in [2.75, 3.05) is 26.0 Å². The summed E-state index contributed by atoms with van der Waals surface area (Å²) in [4.78, 5) is 37.8. The van der Waals surface area contributed by atoms with Gasteiger partial charge in [0.05, 0.1) is 11.1 Å². The van der Waals surface area contributed by atoms with Gasteiger partial charge in [0.25, 0.3) is 5.91 Å². The summed E-state index contributed by atoms with van der Waals surface area (Å²) < 4.78 is 8.12. The molecule has 0 aliphatic carbocycles. The number of oxazole rings is 1. The zero-order valence-corrected chi connectivity index (χ0v) is 14.9. The smallest absolute Gasteiger partial charge is 0.408 e. The Morgan fingerprint density at radius 3 is 2.65 bits per heavy atom. The van der Waals surface area contributed by atoms with Crippen molar-refractivity contribution in [2.24, 2.45) is 7.05 Å². The van der Waals surface area contributed by atoms with Crippen LogP contribution in [0.4, 0.5) is 5.69 Å². The summed E-state index contributed by atoms with van der Waals surface area (Å²) in [6, 6.07) is 7.84. The number of aromatic nitrogens is 2. The molecule has 26 heavy (non-hydrogen) atoms. The lowest BCUT2D eigenvalue weighted by molar-refractivity contribution is 0.102. The maximum atomic E-state index is 12.4. The molecule has 0 aliphatic heterocycles. The Kier molecular flexibility index (Phi) is 4.77. The van der Waals surface area contributed by atoms with Crippen LogP contribution in [0.5, 0.6) is 0 Å². The van der Waals surface area contributed by atoms with Crippen LogP contribution in [0.1, 0.15) is 10.4 Å². The summed E-state index contributed by atoms with van der Waals surface area (Å²) in [6.07, 6.45) is 1.47. The highest BCUT2D eigenvalue weighted by Crippen LogP contribution is 2.19. The standard InChI is InChI=1S/C18H20N4O4/c1-20(2)8-9-22-14-10-13(5-6-15(14)26-18(22)25)19-17(24)12-4-7-16(23)21(3)11-12/h4-7,10-11H,8-9H2,1-3H3,(H,19,24). The van der Waals surface area contributed by atoms with Crippen LogP contribution in [-0.4, -0.2) is 40.6 Å². The monoisotopic (exact) mass is 356 g/mol. The normalized spacial score (nSPS) is 11.2. The van der Waals surface area contributed by atoms with E-state index >= 15 is 0 Å². The fraction of sp³-hybridized carbons (Fsp3) is 0.278. The van der Waals surface area contributed by atoms with Crippen LogP contribution in [0.15, 0.2) is 50.5 Å². The first kappa shape index (κ1) is 17.7. The second-order valence-electron chi connectivity index (χ2n) is 6.33. The van der Waals surface area contributed by atoms with Crippen molar-refractivity contribution in [3.05, 3.63) is 63.0 Å². The number of anilines is 1. The van der Waals surface area contributed by atoms with Crippen LogP contribution in [0.2, 0.25) is 0 Å². The summed E-state index contributed by atoms with van der Waals surface area (Å²) in [6.45, 7) is 1.17. The molecule has 1 amide bonds. The first-order valence-corrected chi connectivity index (χ1v) is 8.11. The molecule has 1 aromatic carbocycles. The lowest BCUT2D eigenvalue weighted by atomic mass is 10.2. The fourth-order valence-electron chi connectivity index (χ4n) is 2.58. The maximum Gasteiger partial charge on any atom is 0.419 e. The lowest BCUT2D eigenvalue weighted by Gasteiger charge is -2.10. The molecule has 1 N–H and O–H groups in total. The minimum absolute atomic E-state index is 0.189. The molecule has 0 bridgehead atoms. The molecule has 136 valence electrons. The van der Waals surface area contributed by atoms with Gasteiger partial charge in [-0.25, -0.2) is 4.79 Å². The second kappa shape index (κ2) is 7.01. The van der Waals surface area contributed by atoms with E-state index in [4.69, 9.17) is 4.42 Å². The summed E-state index contributed by atoms with van der Waals surface area (Å²) in [7, 11) is 5.43. The Hall–Kier alpha value is -3.13. The summed E-state index contributed by atoms with van der Waals surface area (Å²) in [5, 5.41) is 2.78. The quantitative estimate of drug-likeness (QED) is 0.740. The van der Waals surface area contributed by atoms with Gasteiger partial charge >= 0.3 is 5.76 Å². The van der Waals surface area contributed by atoms with E-state index < -0.39 is 5.76 Å². The van der Waals surface area contributed by atoms with Crippen molar-refractivity contribution >= 4 is 22.7 Å². The van der Waals surface area contributed by atoms with Crippen LogP contribution >= 0.6 is 0 Å². The summed E-state index contributed by atoms with van der Waals surface area (Å²) >= 11 is 0. The van der Waals surface area contributed by atoms with Crippen LogP contribution < -0.4 is 16.6 Å². The van der Waals surface area contributed by atoms with Crippen LogP contribution in [0.25, 0.3) is 11.1 Å². The summed E-state index contributed by atoms with van der Waals surface area (Å²) in [5.74, 6) is -0.769. The van der Waals surface area contributed by atoms with Gasteiger partial charge in [-0.15, -0.1) is 0 Å². The second-order valence-corrected chi connectivity index (χ2v) is 6.33. The number of aryl methyl sites for hydroxylation is 1. The zero-order valence-electron chi connectivity index (χ0n) is 14.9. The van der Waals surface area contributed by atoms with E-state index in [-0.39, 0.29) is 11.5 Å². The SMILES string of the molecule is CN(C)CCn1c(=O)oc2ccc(NC(=O)c3ccc(=O)n(C)c3)cc21. The van der Waals surface area contributed by atoms with Crippen molar-refractivity contribution in [3.63, 3.8) is 0 Å². The van der Waals surface area contributed by atoms with Crippen molar-refractivity contribution in [2.45, 2.75) is 6.54 Å². The topological polar surface area (TPSA) is 89.5 Å². The number of hydrogen-bond donors (Lipinski definition) is 1. The number of hydrogen-bond acceptors (Lipinski definition) is 5. The third-order valence-electron chi connectivity index (χ3n) is 4.04. The number of nitrogens with one attached hydrogen (secondary N) is 1. The van der Waals surface area contributed by atoms with Gasteiger partial charge in [-0.05, 0) is 38.4 Å². The number of pyridine rings is 1. The van der Waals surface area contributed by atoms with Gasteiger partial charge in [-0.2, -0.15) is 0 Å². The van der Waals surface area contributed by atoms with Gasteiger partial charge in [0, 0.05) is 38.1 Å². The van der Waals surface area contributed by atoms with Crippen LogP contribution in [0, 0.1) is 0 Å². The Labute approximate surface area is 149 Å². The van der Waals surface area contributed by atoms with E-state index in [1.54, 1.807) is 25.2 Å². The predicted molar refractivity (Wildman–Crippen MR) is 98.7 cm³/mol. The molecule has 0 saturated heterocycles. The van der Waals surface area contributed by atoms with Crippen molar-refractivity contribution < 1.29 is 9.21 Å². The van der Waals surface area contributed by atoms with E-state index in [0.29, 0.717) is 35.4 Å². The number of fused-ring (bicyclic) bond motifs is 1. The molecule has 8 heteroatoms. The molecular weight excluding hydrogens is 336 g/mol. The third kappa shape index (κ3) is 3.60. The number of benzene rings is 1. The van der Waals surface area contributed by atoms with E-state index in [2.05, 4.69) is 5.32 Å². The Morgan fingerprint density at radius 1 is 1.19 bits per heavy atom. The van der Waals surface area contributed by atoms with Crippen LogP contribution in [-0.2, 0) is 13.6 Å². The summed E-state index contributed by atoms with van der Waals surface area (Å²) in [5.41, 5.74) is 1.80. The molecule has 2 heterocycles. The minimum atomic E-state index is -0.427. The van der Waals surface area contributed by atoms with Crippen molar-refractivity contribution in [1.29, 1.82) is 0 Å². The molecule has 2 aromatic heterocycles. The first-order valence-electron chi connectivity index (χ1n) is 8.11. The Bertz CT molecular complexity index is 1070. The molecule has 0 saturated carbocycles.